The largest absolute Gasteiger partial charge is 0.464 e. The van der Waals surface area contributed by atoms with E-state index in [1.165, 1.54) is 25.7 Å². The van der Waals surface area contributed by atoms with Crippen LogP contribution in [0, 0.1) is 53.3 Å². The van der Waals surface area contributed by atoms with E-state index in [2.05, 4.69) is 90.0 Å². The van der Waals surface area contributed by atoms with E-state index in [9.17, 15) is 126 Å². The second-order valence-corrected chi connectivity index (χ2v) is 35.0. The molecular weight excluding hydrogens is 1580 g/mol. The van der Waals surface area contributed by atoms with Gasteiger partial charge >= 0.3 is 29.8 Å². The zero-order valence-corrected chi connectivity index (χ0v) is 75.4. The molecule has 0 aromatic heterocycles. The van der Waals surface area contributed by atoms with Gasteiger partial charge in [0.25, 0.3) is 0 Å². The lowest BCUT2D eigenvalue weighted by Gasteiger charge is -2.31. The van der Waals surface area contributed by atoms with E-state index in [0.29, 0.717) is 67.6 Å². The van der Waals surface area contributed by atoms with Gasteiger partial charge in [-0.2, -0.15) is 0 Å². The lowest BCUT2D eigenvalue weighted by Crippen LogP contribution is -2.50. The fourth-order valence-electron chi connectivity index (χ4n) is 11.6. The van der Waals surface area contributed by atoms with E-state index < -0.39 is 196 Å². The quantitative estimate of drug-likeness (QED) is 0.0300. The highest BCUT2D eigenvalue weighted by Gasteiger charge is 2.42. The van der Waals surface area contributed by atoms with Crippen LogP contribution < -0.4 is 0 Å². The van der Waals surface area contributed by atoms with Crippen LogP contribution in [-0.2, 0) is 47.7 Å². The van der Waals surface area contributed by atoms with Crippen molar-refractivity contribution >= 4 is 29.8 Å². The summed E-state index contributed by atoms with van der Waals surface area (Å²) in [5.41, 5.74) is -1.58. The Kier molecular flexibility index (Phi) is 73.3. The molecule has 27 atom stereocenters. The summed E-state index contributed by atoms with van der Waals surface area (Å²) in [6, 6.07) is 0. The summed E-state index contributed by atoms with van der Waals surface area (Å²) in [5.74, 6) is -0.485. The van der Waals surface area contributed by atoms with Crippen molar-refractivity contribution in [1.29, 1.82) is 0 Å². The number of aliphatic hydroxyl groups is 25. The average molecular weight is 1750 g/mol. The lowest BCUT2D eigenvalue weighted by atomic mass is 9.93. The van der Waals surface area contributed by atoms with Crippen LogP contribution in [0.15, 0.2) is 0 Å². The maximum Gasteiger partial charge on any atom is 0.338 e. The number of hydrogen-bond acceptors (Lipinski definition) is 35. The van der Waals surface area contributed by atoms with Gasteiger partial charge in [-0.1, -0.05) is 200 Å². The van der Waals surface area contributed by atoms with Crippen molar-refractivity contribution in [2.24, 2.45) is 53.3 Å². The SMILES string of the molecule is CC(C)CCCC(C)CCCC(C)CCOC(=O)C(O)C(O)C(O)C(O)CO.CC(C)CCCC(C)CCOC(=O)C(O)C(O)C(O)C(O)CO.CCC(C)(CCCC(C)C)OC(=O)C(O)C(O)C(O)C(O)CO.CCC(C)CCCC(C)(C)OC(=O)C(O)C(O)C(O)C(O)CO.CCC(C)CCCC(C)COC(=O)C(O)C(O)C(O)C(O)CO. The highest BCUT2D eigenvalue weighted by molar-refractivity contribution is 5.77. The second kappa shape index (κ2) is 70.4. The predicted molar refractivity (Wildman–Crippen MR) is 446 cm³/mol. The van der Waals surface area contributed by atoms with Gasteiger partial charge in [-0.25, -0.2) is 24.0 Å². The summed E-state index contributed by atoms with van der Waals surface area (Å²) in [6.07, 6.45) is -14.5. The summed E-state index contributed by atoms with van der Waals surface area (Å²) < 4.78 is 25.3. The van der Waals surface area contributed by atoms with Gasteiger partial charge in [0.2, 0.25) is 0 Å². The van der Waals surface area contributed by atoms with Gasteiger partial charge in [0, 0.05) is 0 Å². The van der Waals surface area contributed by atoms with Crippen LogP contribution in [0.25, 0.3) is 0 Å². The van der Waals surface area contributed by atoms with Crippen LogP contribution in [0.3, 0.4) is 0 Å². The van der Waals surface area contributed by atoms with Crippen molar-refractivity contribution < 1.29 is 175 Å². The summed E-state index contributed by atoms with van der Waals surface area (Å²) in [7, 11) is 0. The molecule has 0 saturated carbocycles. The molecule has 0 heterocycles. The summed E-state index contributed by atoms with van der Waals surface area (Å²) in [6.45, 7) is 33.4. The zero-order valence-electron chi connectivity index (χ0n) is 75.4. The molecule has 0 saturated heterocycles. The Labute approximate surface area is 714 Å². The van der Waals surface area contributed by atoms with Gasteiger partial charge < -0.3 is 151 Å². The van der Waals surface area contributed by atoms with Crippen LogP contribution in [0.4, 0.5) is 0 Å². The van der Waals surface area contributed by atoms with E-state index in [0.717, 1.165) is 102 Å². The Morgan fingerprint density at radius 1 is 0.267 bits per heavy atom. The van der Waals surface area contributed by atoms with Gasteiger partial charge in [0.1, 0.15) is 103 Å². The van der Waals surface area contributed by atoms with E-state index in [-0.39, 0.29) is 25.7 Å². The predicted octanol–water partition coefficient (Wildman–Crippen LogP) is 1.18. The molecule has 35 nitrogen and oxygen atoms in total. The molecule has 0 rings (SSSR count). The number of aliphatic hydroxyl groups excluding tert-OH is 25. The topological polar surface area (TPSA) is 637 Å². The molecule has 0 spiro atoms. The molecule has 0 aromatic rings. The Bertz CT molecular complexity index is 2510. The van der Waals surface area contributed by atoms with E-state index in [1.807, 2.05) is 13.8 Å². The third-order valence-electron chi connectivity index (χ3n) is 21.3. The monoisotopic (exact) mass is 1750 g/mol. The Balaban J connectivity index is -0.000000460. The molecular formula is C85H170O35. The fourth-order valence-corrected chi connectivity index (χ4v) is 11.6. The Morgan fingerprint density at radius 3 is 0.783 bits per heavy atom. The van der Waals surface area contributed by atoms with Crippen molar-refractivity contribution in [2.75, 3.05) is 52.9 Å². The van der Waals surface area contributed by atoms with Gasteiger partial charge in [-0.05, 0) is 125 Å². The van der Waals surface area contributed by atoms with Crippen molar-refractivity contribution in [2.45, 2.75) is 406 Å². The molecule has 35 heteroatoms. The molecule has 0 aliphatic rings. The van der Waals surface area contributed by atoms with Gasteiger partial charge in [0.15, 0.2) is 30.5 Å². The van der Waals surface area contributed by atoms with Crippen LogP contribution in [-0.4, -0.2) is 344 Å². The van der Waals surface area contributed by atoms with Crippen LogP contribution in [0.1, 0.15) is 272 Å². The molecule has 0 amide bonds. The first-order valence-electron chi connectivity index (χ1n) is 43.3. The number of hydrogen-bond donors (Lipinski definition) is 25. The standard InChI is InChI=1S/C21H42O7.4C16H32O7/c1-14(2)7-5-8-15(3)9-6-10-16(4)11-12-28-21(27)20(26)19(25)18(24)17(23)13-22;1-10(2)5-4-6-11(3)7-8-23-16(22)15(21)14(20)13(19)12(18)9-17;1-5-10(2)7-6-8-16(3,4)23-15(22)14(21)13(20)12(19)11(18)9-17;1-5-16(4,8-6-7-10(2)3)23-15(22)14(21)13(20)12(19)11(18)9-17;1-4-10(2)6-5-7-11(3)9-23-16(22)15(21)14(20)13(19)12(18)8-17/h14-20,22-26H,5-13H2,1-4H3;10-15,17-21H,4-9H2,1-3H3;2*10-14,17-21H,5-9H2,1-4H3;10-15,17-21H,4-9H2,1-3H3. The molecule has 27 unspecified atom stereocenters. The first-order valence-corrected chi connectivity index (χ1v) is 43.3. The van der Waals surface area contributed by atoms with Gasteiger partial charge in [0.05, 0.1) is 52.9 Å². The summed E-state index contributed by atoms with van der Waals surface area (Å²) in [5, 5.41) is 234. The van der Waals surface area contributed by atoms with E-state index >= 15 is 0 Å². The molecule has 0 radical (unpaired) electrons. The summed E-state index contributed by atoms with van der Waals surface area (Å²) >= 11 is 0. The van der Waals surface area contributed by atoms with Crippen molar-refractivity contribution in [1.82, 2.24) is 0 Å². The fraction of sp³-hybridized carbons (Fsp3) is 0.941. The maximum atomic E-state index is 12.0. The molecule has 0 bridgehead atoms. The van der Waals surface area contributed by atoms with Gasteiger partial charge in [-0.15, -0.1) is 0 Å². The minimum absolute atomic E-state index is 0.113. The minimum Gasteiger partial charge on any atom is -0.464 e. The Hall–Kier alpha value is -3.65. The minimum atomic E-state index is -2.00. The number of ether oxygens (including phenoxy) is 5. The lowest BCUT2D eigenvalue weighted by molar-refractivity contribution is -0.184. The molecule has 0 aromatic carbocycles. The van der Waals surface area contributed by atoms with Crippen LogP contribution >= 0.6 is 0 Å². The zero-order chi connectivity index (χ0) is 94.1. The molecule has 120 heavy (non-hydrogen) atoms. The second-order valence-electron chi connectivity index (χ2n) is 35.0. The Morgan fingerprint density at radius 2 is 0.500 bits per heavy atom. The van der Waals surface area contributed by atoms with Crippen molar-refractivity contribution in [3.05, 3.63) is 0 Å². The highest BCUT2D eigenvalue weighted by atomic mass is 16.6. The highest BCUT2D eigenvalue weighted by Crippen LogP contribution is 2.28. The van der Waals surface area contributed by atoms with Crippen LogP contribution in [0.2, 0.25) is 0 Å². The first kappa shape index (κ1) is 125. The number of esters is 5. The third kappa shape index (κ3) is 58.6. The van der Waals surface area contributed by atoms with Crippen molar-refractivity contribution in [3.8, 4) is 0 Å². The molecule has 0 aliphatic heterocycles. The molecule has 25 N–H and O–H groups in total. The first-order chi connectivity index (χ1) is 55.7. The molecule has 0 aliphatic carbocycles. The van der Waals surface area contributed by atoms with E-state index in [1.54, 1.807) is 20.8 Å². The maximum absolute atomic E-state index is 12.0. The molecule has 0 fully saturated rings. The normalized spacial score (nSPS) is 18.9. The smallest absolute Gasteiger partial charge is 0.338 e. The van der Waals surface area contributed by atoms with Crippen molar-refractivity contribution in [3.63, 3.8) is 0 Å². The van der Waals surface area contributed by atoms with E-state index in [4.69, 9.17) is 49.2 Å². The average Bonchev–Trinajstić information content (AvgIpc) is 0.851. The molecule has 720 valence electrons. The summed E-state index contributed by atoms with van der Waals surface area (Å²) in [4.78, 5) is 58.9. The third-order valence-corrected chi connectivity index (χ3v) is 21.3. The number of carbonyl (C=O) groups excluding carboxylic acids is 5. The van der Waals surface area contributed by atoms with Crippen LogP contribution in [0.5, 0.6) is 0 Å². The number of rotatable bonds is 62. The van der Waals surface area contributed by atoms with Gasteiger partial charge in [-0.3, -0.25) is 0 Å². The number of carbonyl (C=O) groups is 5.